The fourth-order valence-corrected chi connectivity index (χ4v) is 2.93. The molecule has 1 unspecified atom stereocenters. The molecule has 0 fully saturated rings. The zero-order valence-electron chi connectivity index (χ0n) is 12.9. The first kappa shape index (κ1) is 16.5. The summed E-state index contributed by atoms with van der Waals surface area (Å²) >= 11 is 1.29. The molecule has 3 rings (SSSR count). The molecule has 25 heavy (non-hydrogen) atoms. The Kier molecular flexibility index (Phi) is 4.92. The van der Waals surface area contributed by atoms with E-state index in [-0.39, 0.29) is 11.5 Å². The Bertz CT molecular complexity index is 932. The van der Waals surface area contributed by atoms with Gasteiger partial charge in [0.25, 0.3) is 5.91 Å². The van der Waals surface area contributed by atoms with Crippen LogP contribution in [0.25, 0.3) is 10.6 Å². The van der Waals surface area contributed by atoms with E-state index in [0.717, 1.165) is 5.56 Å². The van der Waals surface area contributed by atoms with Crippen LogP contribution in [0.5, 0.6) is 0 Å². The van der Waals surface area contributed by atoms with Crippen LogP contribution < -0.4 is 5.32 Å². The van der Waals surface area contributed by atoms with Crippen molar-refractivity contribution in [2.75, 3.05) is 5.32 Å². The van der Waals surface area contributed by atoms with Gasteiger partial charge in [0.05, 0.1) is 6.07 Å². The van der Waals surface area contributed by atoms with Crippen LogP contribution in [-0.2, 0) is 4.79 Å². The second-order valence-corrected chi connectivity index (χ2v) is 5.89. The predicted molar refractivity (Wildman–Crippen MR) is 93.9 cm³/mol. The molecule has 0 bridgehead atoms. The molecule has 7 heteroatoms. The highest BCUT2D eigenvalue weighted by atomic mass is 32.1. The number of nitriles is 1. The van der Waals surface area contributed by atoms with Crippen LogP contribution in [0.2, 0.25) is 0 Å². The fourth-order valence-electron chi connectivity index (χ4n) is 2.12. The maximum absolute atomic E-state index is 12.5. The Morgan fingerprint density at radius 2 is 1.88 bits per heavy atom. The first-order valence-corrected chi connectivity index (χ1v) is 8.23. The number of thiazole rings is 1. The van der Waals surface area contributed by atoms with Crippen LogP contribution in [0.4, 0.5) is 5.82 Å². The molecule has 1 amide bonds. The fraction of sp³-hybridized carbons (Fsp3) is 0.0556. The van der Waals surface area contributed by atoms with Gasteiger partial charge in [0.1, 0.15) is 16.5 Å². The molecule has 122 valence electrons. The highest BCUT2D eigenvalue weighted by molar-refractivity contribution is 7.13. The van der Waals surface area contributed by atoms with Crippen LogP contribution in [0.15, 0.2) is 60.1 Å². The van der Waals surface area contributed by atoms with Crippen molar-refractivity contribution >= 4 is 28.8 Å². The molecular weight excluding hydrogens is 336 g/mol. The van der Waals surface area contributed by atoms with Gasteiger partial charge in [0.15, 0.2) is 5.92 Å². The topological polar surface area (TPSA) is 95.7 Å². The molecule has 0 saturated heterocycles. The Morgan fingerprint density at radius 1 is 1.12 bits per heavy atom. The molecule has 6 nitrogen and oxygen atoms in total. The maximum atomic E-state index is 12.5. The molecule has 0 saturated carbocycles. The minimum absolute atomic E-state index is 0.103. The monoisotopic (exact) mass is 348 g/mol. The van der Waals surface area contributed by atoms with Crippen molar-refractivity contribution in [2.24, 2.45) is 5.92 Å². The lowest BCUT2D eigenvalue weighted by molar-refractivity contribution is -0.117. The normalized spacial score (nSPS) is 11.3. The number of nitrogens with one attached hydrogen (secondary N) is 1. The molecule has 0 aliphatic heterocycles. The summed E-state index contributed by atoms with van der Waals surface area (Å²) in [7, 11) is 0. The molecule has 0 spiro atoms. The van der Waals surface area contributed by atoms with Gasteiger partial charge in [0, 0.05) is 17.1 Å². The van der Waals surface area contributed by atoms with E-state index in [1.54, 1.807) is 29.6 Å². The molecule has 1 N–H and O–H groups in total. The van der Waals surface area contributed by atoms with Gasteiger partial charge in [-0.25, -0.2) is 9.97 Å². The molecule has 1 aromatic carbocycles. The number of ketones is 1. The van der Waals surface area contributed by atoms with Gasteiger partial charge in [-0.15, -0.1) is 11.3 Å². The third kappa shape index (κ3) is 3.76. The highest BCUT2D eigenvalue weighted by Crippen LogP contribution is 2.24. The molecule has 2 aromatic heterocycles. The number of Topliss-reactive ketones (excluding diaryl/α,β-unsaturated/α-hetero) is 1. The minimum atomic E-state index is -1.48. The number of amides is 1. The highest BCUT2D eigenvalue weighted by Gasteiger charge is 2.29. The SMILES string of the molecule is N#CC(C(=O)Nc1ccccn1)C(=O)c1csc(-c2ccccc2)n1. The molecule has 1 atom stereocenters. The van der Waals surface area contributed by atoms with Crippen LogP contribution in [0.3, 0.4) is 0 Å². The zero-order valence-corrected chi connectivity index (χ0v) is 13.7. The molecule has 0 aliphatic rings. The number of anilines is 1. The Hall–Kier alpha value is -3.37. The number of benzene rings is 1. The van der Waals surface area contributed by atoms with Gasteiger partial charge < -0.3 is 5.32 Å². The summed E-state index contributed by atoms with van der Waals surface area (Å²) in [5.74, 6) is -2.55. The number of pyridine rings is 1. The van der Waals surface area contributed by atoms with E-state index >= 15 is 0 Å². The lowest BCUT2D eigenvalue weighted by Gasteiger charge is -2.07. The number of hydrogen-bond donors (Lipinski definition) is 1. The van der Waals surface area contributed by atoms with E-state index in [0.29, 0.717) is 5.01 Å². The number of carbonyl (C=O) groups excluding carboxylic acids is 2. The zero-order chi connectivity index (χ0) is 17.6. The number of hydrogen-bond acceptors (Lipinski definition) is 6. The van der Waals surface area contributed by atoms with E-state index in [9.17, 15) is 14.9 Å². The second-order valence-electron chi connectivity index (χ2n) is 5.03. The van der Waals surface area contributed by atoms with Crippen molar-refractivity contribution in [3.05, 3.63) is 65.8 Å². The van der Waals surface area contributed by atoms with Crippen molar-refractivity contribution in [3.8, 4) is 16.6 Å². The summed E-state index contributed by atoms with van der Waals surface area (Å²) in [5, 5.41) is 13.9. The standard InChI is InChI=1S/C18H12N4O2S/c19-10-13(17(24)22-15-8-4-5-9-20-15)16(23)14-11-25-18(21-14)12-6-2-1-3-7-12/h1-9,11,13H,(H,20,22,24). The van der Waals surface area contributed by atoms with E-state index < -0.39 is 17.6 Å². The first-order chi connectivity index (χ1) is 12.2. The van der Waals surface area contributed by atoms with Crippen molar-refractivity contribution < 1.29 is 9.59 Å². The average molecular weight is 348 g/mol. The summed E-state index contributed by atoms with van der Waals surface area (Å²) in [4.78, 5) is 32.9. The van der Waals surface area contributed by atoms with Crippen molar-refractivity contribution in [2.45, 2.75) is 0 Å². The van der Waals surface area contributed by atoms with Gasteiger partial charge in [-0.2, -0.15) is 5.26 Å². The maximum Gasteiger partial charge on any atom is 0.250 e. The largest absolute Gasteiger partial charge is 0.309 e. The van der Waals surface area contributed by atoms with Crippen LogP contribution in [-0.4, -0.2) is 21.7 Å². The van der Waals surface area contributed by atoms with Gasteiger partial charge in [0.2, 0.25) is 5.78 Å². The molecule has 2 heterocycles. The van der Waals surface area contributed by atoms with Crippen LogP contribution in [0.1, 0.15) is 10.5 Å². The van der Waals surface area contributed by atoms with E-state index in [1.807, 2.05) is 30.3 Å². The number of aromatic nitrogens is 2. The van der Waals surface area contributed by atoms with Gasteiger partial charge >= 0.3 is 0 Å². The molecule has 3 aromatic rings. The predicted octanol–water partition coefficient (Wildman–Crippen LogP) is 3.17. The third-order valence-corrected chi connectivity index (χ3v) is 4.24. The van der Waals surface area contributed by atoms with Gasteiger partial charge in [-0.05, 0) is 12.1 Å². The van der Waals surface area contributed by atoms with Crippen LogP contribution >= 0.6 is 11.3 Å². The summed E-state index contributed by atoms with van der Waals surface area (Å²) in [5.41, 5.74) is 0.976. The average Bonchev–Trinajstić information content (AvgIpc) is 3.14. The number of rotatable bonds is 5. The van der Waals surface area contributed by atoms with Crippen molar-refractivity contribution in [1.29, 1.82) is 5.26 Å². The summed E-state index contributed by atoms with van der Waals surface area (Å²) in [6, 6.07) is 16.1. The van der Waals surface area contributed by atoms with Gasteiger partial charge in [-0.1, -0.05) is 36.4 Å². The Balaban J connectivity index is 1.78. The smallest absolute Gasteiger partial charge is 0.250 e. The lowest BCUT2D eigenvalue weighted by atomic mass is 10.0. The minimum Gasteiger partial charge on any atom is -0.309 e. The van der Waals surface area contributed by atoms with E-state index in [4.69, 9.17) is 0 Å². The molecule has 0 aliphatic carbocycles. The van der Waals surface area contributed by atoms with Crippen molar-refractivity contribution in [3.63, 3.8) is 0 Å². The molecular formula is C18H12N4O2S. The quantitative estimate of drug-likeness (QED) is 0.564. The second kappa shape index (κ2) is 7.47. The summed E-state index contributed by atoms with van der Waals surface area (Å²) in [6.07, 6.45) is 1.51. The molecule has 0 radical (unpaired) electrons. The summed E-state index contributed by atoms with van der Waals surface area (Å²) < 4.78 is 0. The third-order valence-electron chi connectivity index (χ3n) is 3.35. The van der Waals surface area contributed by atoms with Gasteiger partial charge in [-0.3, -0.25) is 9.59 Å². The Morgan fingerprint density at radius 3 is 2.56 bits per heavy atom. The van der Waals surface area contributed by atoms with Crippen LogP contribution in [0, 0.1) is 17.2 Å². The first-order valence-electron chi connectivity index (χ1n) is 7.35. The van der Waals surface area contributed by atoms with E-state index in [2.05, 4.69) is 15.3 Å². The van der Waals surface area contributed by atoms with Crippen molar-refractivity contribution in [1.82, 2.24) is 9.97 Å². The Labute approximate surface area is 147 Å². The number of nitrogens with zero attached hydrogens (tertiary/aromatic N) is 3. The summed E-state index contributed by atoms with van der Waals surface area (Å²) in [6.45, 7) is 0. The number of carbonyl (C=O) groups is 2. The lowest BCUT2D eigenvalue weighted by Crippen LogP contribution is -2.29. The van der Waals surface area contributed by atoms with E-state index in [1.165, 1.54) is 17.5 Å².